The summed E-state index contributed by atoms with van der Waals surface area (Å²) in [7, 11) is 0. The van der Waals surface area contributed by atoms with E-state index in [-0.39, 0.29) is 12.1 Å². The van der Waals surface area contributed by atoms with Gasteiger partial charge in [0.25, 0.3) is 0 Å². The molecule has 1 rings (SSSR count). The largest absolute Gasteiger partial charge is 0.480 e. The molecule has 1 aliphatic rings. The summed E-state index contributed by atoms with van der Waals surface area (Å²) in [5.41, 5.74) is -1.08. The van der Waals surface area contributed by atoms with E-state index in [0.717, 1.165) is 12.8 Å². The Hall–Kier alpha value is -1.26. The van der Waals surface area contributed by atoms with E-state index in [4.69, 9.17) is 0 Å². The fourth-order valence-corrected chi connectivity index (χ4v) is 2.67. The third-order valence-corrected chi connectivity index (χ3v) is 4.11. The molecule has 0 saturated heterocycles. The number of carbonyl (C=O) groups is 2. The molecular weight excluding hydrogens is 244 g/mol. The molecule has 0 aliphatic heterocycles. The van der Waals surface area contributed by atoms with Crippen LogP contribution in [0.25, 0.3) is 0 Å². The van der Waals surface area contributed by atoms with Crippen LogP contribution in [-0.4, -0.2) is 40.1 Å². The standard InChI is InChI=1S/C14H26N2O3/c1-5-16(10(2)3)13(19)15-14(12(17)18)8-6-11(4)7-9-14/h10-11H,5-9H2,1-4H3,(H,15,19)(H,17,18). The van der Waals surface area contributed by atoms with E-state index in [2.05, 4.69) is 12.2 Å². The van der Waals surface area contributed by atoms with Gasteiger partial charge in [0.1, 0.15) is 5.54 Å². The maximum Gasteiger partial charge on any atom is 0.329 e. The zero-order valence-corrected chi connectivity index (χ0v) is 12.4. The highest BCUT2D eigenvalue weighted by molar-refractivity contribution is 5.86. The van der Waals surface area contributed by atoms with Gasteiger partial charge in [0.2, 0.25) is 0 Å². The first kappa shape index (κ1) is 15.8. The number of nitrogens with zero attached hydrogens (tertiary/aromatic N) is 1. The third-order valence-electron chi connectivity index (χ3n) is 4.11. The van der Waals surface area contributed by atoms with Gasteiger partial charge < -0.3 is 15.3 Å². The lowest BCUT2D eigenvalue weighted by Crippen LogP contribution is -2.60. The van der Waals surface area contributed by atoms with E-state index in [1.165, 1.54) is 0 Å². The summed E-state index contributed by atoms with van der Waals surface area (Å²) in [6.45, 7) is 8.46. The number of carbonyl (C=O) groups excluding carboxylic acids is 1. The maximum absolute atomic E-state index is 12.2. The van der Waals surface area contributed by atoms with Gasteiger partial charge in [-0.1, -0.05) is 6.92 Å². The first-order valence-electron chi connectivity index (χ1n) is 7.14. The minimum Gasteiger partial charge on any atom is -0.480 e. The average Bonchev–Trinajstić information content (AvgIpc) is 2.32. The molecule has 0 unspecified atom stereocenters. The molecule has 5 nitrogen and oxygen atoms in total. The van der Waals surface area contributed by atoms with Crippen molar-refractivity contribution in [3.05, 3.63) is 0 Å². The maximum atomic E-state index is 12.2. The Morgan fingerprint density at radius 2 is 1.89 bits per heavy atom. The number of carboxylic acid groups (broad SMARTS) is 1. The molecule has 0 aromatic heterocycles. The lowest BCUT2D eigenvalue weighted by atomic mass is 9.77. The van der Waals surface area contributed by atoms with Gasteiger partial charge in [0, 0.05) is 12.6 Å². The fourth-order valence-electron chi connectivity index (χ4n) is 2.67. The molecule has 5 heteroatoms. The number of nitrogens with one attached hydrogen (secondary N) is 1. The Morgan fingerprint density at radius 1 is 1.37 bits per heavy atom. The first-order chi connectivity index (χ1) is 8.82. The first-order valence-corrected chi connectivity index (χ1v) is 7.14. The van der Waals surface area contributed by atoms with Crippen molar-refractivity contribution < 1.29 is 14.7 Å². The second-order valence-electron chi connectivity index (χ2n) is 5.88. The second kappa shape index (κ2) is 6.26. The van der Waals surface area contributed by atoms with Crippen LogP contribution in [0.5, 0.6) is 0 Å². The molecule has 0 heterocycles. The van der Waals surface area contributed by atoms with Crippen LogP contribution in [0.3, 0.4) is 0 Å². The summed E-state index contributed by atoms with van der Waals surface area (Å²) < 4.78 is 0. The highest BCUT2D eigenvalue weighted by Gasteiger charge is 2.43. The number of hydrogen-bond donors (Lipinski definition) is 2. The average molecular weight is 270 g/mol. The van der Waals surface area contributed by atoms with Crippen LogP contribution < -0.4 is 5.32 Å². The molecule has 2 amide bonds. The Kier molecular flexibility index (Phi) is 5.20. The Bertz CT molecular complexity index is 334. The molecule has 110 valence electrons. The summed E-state index contributed by atoms with van der Waals surface area (Å²) in [6, 6.07) is -0.201. The van der Waals surface area contributed by atoms with Gasteiger partial charge in [0.15, 0.2) is 0 Å². The Labute approximate surface area is 115 Å². The molecule has 0 radical (unpaired) electrons. The Morgan fingerprint density at radius 3 is 2.26 bits per heavy atom. The van der Waals surface area contributed by atoms with E-state index in [9.17, 15) is 14.7 Å². The van der Waals surface area contributed by atoms with Gasteiger partial charge in [-0.3, -0.25) is 0 Å². The minimum atomic E-state index is -1.08. The summed E-state index contributed by atoms with van der Waals surface area (Å²) in [6.07, 6.45) is 2.73. The van der Waals surface area contributed by atoms with Gasteiger partial charge in [-0.15, -0.1) is 0 Å². The quantitative estimate of drug-likeness (QED) is 0.824. The van der Waals surface area contributed by atoms with Crippen molar-refractivity contribution in [3.8, 4) is 0 Å². The molecule has 19 heavy (non-hydrogen) atoms. The van der Waals surface area contributed by atoms with E-state index in [0.29, 0.717) is 25.3 Å². The summed E-state index contributed by atoms with van der Waals surface area (Å²) in [5, 5.41) is 12.3. The van der Waals surface area contributed by atoms with Crippen LogP contribution in [0.15, 0.2) is 0 Å². The summed E-state index contributed by atoms with van der Waals surface area (Å²) in [5.74, 6) is -0.371. The normalized spacial score (nSPS) is 27.1. The monoisotopic (exact) mass is 270 g/mol. The molecule has 1 saturated carbocycles. The van der Waals surface area contributed by atoms with E-state index < -0.39 is 11.5 Å². The van der Waals surface area contributed by atoms with Gasteiger partial charge >= 0.3 is 12.0 Å². The van der Waals surface area contributed by atoms with Gasteiger partial charge in [0.05, 0.1) is 0 Å². The predicted octanol–water partition coefficient (Wildman–Crippen LogP) is 2.46. The zero-order valence-electron chi connectivity index (χ0n) is 12.4. The molecule has 0 bridgehead atoms. The Balaban J connectivity index is 2.79. The van der Waals surface area contributed by atoms with Crippen molar-refractivity contribution in [2.45, 2.75) is 65.0 Å². The highest BCUT2D eigenvalue weighted by atomic mass is 16.4. The van der Waals surface area contributed by atoms with Crippen molar-refractivity contribution >= 4 is 12.0 Å². The molecule has 0 aromatic rings. The van der Waals surface area contributed by atoms with Crippen molar-refractivity contribution in [1.29, 1.82) is 0 Å². The molecule has 1 fully saturated rings. The van der Waals surface area contributed by atoms with Crippen LogP contribution in [0.1, 0.15) is 53.4 Å². The number of rotatable bonds is 4. The third kappa shape index (κ3) is 3.61. The SMILES string of the molecule is CCN(C(=O)NC1(C(=O)O)CCC(C)CC1)C(C)C. The van der Waals surface area contributed by atoms with Crippen molar-refractivity contribution in [3.63, 3.8) is 0 Å². The van der Waals surface area contributed by atoms with Crippen LogP contribution in [0.2, 0.25) is 0 Å². The molecule has 0 atom stereocenters. The van der Waals surface area contributed by atoms with E-state index >= 15 is 0 Å². The topological polar surface area (TPSA) is 69.6 Å². The van der Waals surface area contributed by atoms with Crippen molar-refractivity contribution in [2.75, 3.05) is 6.54 Å². The zero-order chi connectivity index (χ0) is 14.6. The van der Waals surface area contributed by atoms with Crippen LogP contribution in [0, 0.1) is 5.92 Å². The fraction of sp³-hybridized carbons (Fsp3) is 0.857. The molecule has 2 N–H and O–H groups in total. The van der Waals surface area contributed by atoms with Gasteiger partial charge in [-0.25, -0.2) is 9.59 Å². The lowest BCUT2D eigenvalue weighted by Gasteiger charge is -2.38. The van der Waals surface area contributed by atoms with Gasteiger partial charge in [-0.05, 0) is 52.4 Å². The minimum absolute atomic E-state index is 0.0679. The number of aliphatic carboxylic acids is 1. The lowest BCUT2D eigenvalue weighted by molar-refractivity contribution is -0.146. The van der Waals surface area contributed by atoms with E-state index in [1.54, 1.807) is 4.90 Å². The molecule has 0 aromatic carbocycles. The summed E-state index contributed by atoms with van der Waals surface area (Å²) in [4.78, 5) is 25.4. The van der Waals surface area contributed by atoms with Crippen LogP contribution in [-0.2, 0) is 4.79 Å². The number of hydrogen-bond acceptors (Lipinski definition) is 2. The van der Waals surface area contributed by atoms with Crippen molar-refractivity contribution in [1.82, 2.24) is 10.2 Å². The number of amides is 2. The number of carboxylic acids is 1. The van der Waals surface area contributed by atoms with Crippen molar-refractivity contribution in [2.24, 2.45) is 5.92 Å². The smallest absolute Gasteiger partial charge is 0.329 e. The van der Waals surface area contributed by atoms with Gasteiger partial charge in [-0.2, -0.15) is 0 Å². The highest BCUT2D eigenvalue weighted by Crippen LogP contribution is 2.32. The molecule has 0 spiro atoms. The summed E-state index contributed by atoms with van der Waals surface area (Å²) >= 11 is 0. The predicted molar refractivity (Wildman–Crippen MR) is 74.0 cm³/mol. The van der Waals surface area contributed by atoms with Crippen LogP contribution in [0.4, 0.5) is 4.79 Å². The molecule has 1 aliphatic carbocycles. The number of urea groups is 1. The molecular formula is C14H26N2O3. The van der Waals surface area contributed by atoms with Crippen LogP contribution >= 0.6 is 0 Å². The van der Waals surface area contributed by atoms with E-state index in [1.807, 2.05) is 20.8 Å². The second-order valence-corrected chi connectivity index (χ2v) is 5.88.